The molecule has 1 fully saturated rings. The Balaban J connectivity index is 1.70. The normalized spacial score (nSPS) is 21.7. The average molecular weight is 350 g/mol. The summed E-state index contributed by atoms with van der Waals surface area (Å²) < 4.78 is 26.2. The quantitative estimate of drug-likeness (QED) is 0.794. The molecule has 0 spiro atoms. The second-order valence-corrected chi connectivity index (χ2v) is 8.08. The smallest absolute Gasteiger partial charge is 0.233 e. The molecule has 0 saturated heterocycles. The number of amides is 1. The molecule has 0 atom stereocenters. The first kappa shape index (κ1) is 18.7. The van der Waals surface area contributed by atoms with Crippen molar-refractivity contribution < 1.29 is 13.2 Å². The van der Waals surface area contributed by atoms with Gasteiger partial charge in [0.2, 0.25) is 15.9 Å². The number of sulfonamides is 1. The van der Waals surface area contributed by atoms with Crippen molar-refractivity contribution in [3.63, 3.8) is 0 Å². The topological polar surface area (TPSA) is 75.3 Å². The molecule has 5 nitrogen and oxygen atoms in total. The van der Waals surface area contributed by atoms with E-state index in [1.807, 2.05) is 30.3 Å². The van der Waals surface area contributed by atoms with Crippen molar-refractivity contribution in [3.8, 4) is 0 Å². The standard InChI is InChI=1S/C18H26N2O3S/c1-15-7-9-17(10-8-15)20-18(21)11-13-19-24(22,23)14-12-16-5-3-2-4-6-16/h2-6,12,14-15,17,19H,7-11,13H2,1H3,(H,20,21)/b14-12+. The third-order valence-electron chi connectivity index (χ3n) is 4.28. The largest absolute Gasteiger partial charge is 0.353 e. The van der Waals surface area contributed by atoms with Gasteiger partial charge in [0, 0.05) is 24.4 Å². The maximum Gasteiger partial charge on any atom is 0.233 e. The SMILES string of the molecule is CC1CCC(NC(=O)CCNS(=O)(=O)/C=C/c2ccccc2)CC1. The number of hydrogen-bond donors (Lipinski definition) is 2. The molecule has 1 amide bonds. The number of nitrogens with one attached hydrogen (secondary N) is 2. The lowest BCUT2D eigenvalue weighted by atomic mass is 9.87. The fraction of sp³-hybridized carbons (Fsp3) is 0.500. The van der Waals surface area contributed by atoms with E-state index >= 15 is 0 Å². The van der Waals surface area contributed by atoms with E-state index in [0.29, 0.717) is 0 Å². The maximum atomic E-state index is 11.9. The van der Waals surface area contributed by atoms with Gasteiger partial charge in [0.25, 0.3) is 0 Å². The van der Waals surface area contributed by atoms with Crippen LogP contribution >= 0.6 is 0 Å². The Morgan fingerprint density at radius 1 is 1.17 bits per heavy atom. The molecule has 1 aliphatic carbocycles. The third-order valence-corrected chi connectivity index (χ3v) is 5.38. The highest BCUT2D eigenvalue weighted by atomic mass is 32.2. The highest BCUT2D eigenvalue weighted by Gasteiger charge is 2.19. The molecular weight excluding hydrogens is 324 g/mol. The maximum absolute atomic E-state index is 11.9. The minimum absolute atomic E-state index is 0.0932. The van der Waals surface area contributed by atoms with Crippen molar-refractivity contribution in [2.75, 3.05) is 6.54 Å². The van der Waals surface area contributed by atoms with Gasteiger partial charge in [0.05, 0.1) is 0 Å². The molecule has 1 aromatic rings. The van der Waals surface area contributed by atoms with Crippen LogP contribution < -0.4 is 10.0 Å². The Hall–Kier alpha value is -1.66. The van der Waals surface area contributed by atoms with Crippen LogP contribution in [0.4, 0.5) is 0 Å². The van der Waals surface area contributed by atoms with Crippen LogP contribution in [0.2, 0.25) is 0 Å². The van der Waals surface area contributed by atoms with Gasteiger partial charge in [-0.2, -0.15) is 0 Å². The fourth-order valence-electron chi connectivity index (χ4n) is 2.79. The number of carbonyl (C=O) groups is 1. The van der Waals surface area contributed by atoms with Gasteiger partial charge in [0.15, 0.2) is 0 Å². The molecule has 1 aromatic carbocycles. The lowest BCUT2D eigenvalue weighted by Crippen LogP contribution is -2.38. The van der Waals surface area contributed by atoms with E-state index in [0.717, 1.165) is 42.6 Å². The molecular formula is C18H26N2O3S. The molecule has 0 heterocycles. The molecule has 1 saturated carbocycles. The highest BCUT2D eigenvalue weighted by molar-refractivity contribution is 7.92. The third kappa shape index (κ3) is 6.84. The average Bonchev–Trinajstić information content (AvgIpc) is 2.56. The van der Waals surface area contributed by atoms with E-state index in [-0.39, 0.29) is 24.9 Å². The lowest BCUT2D eigenvalue weighted by molar-refractivity contribution is -0.121. The van der Waals surface area contributed by atoms with E-state index < -0.39 is 10.0 Å². The molecule has 132 valence electrons. The van der Waals surface area contributed by atoms with Crippen molar-refractivity contribution >= 4 is 22.0 Å². The summed E-state index contributed by atoms with van der Waals surface area (Å²) in [5.74, 6) is 0.644. The van der Waals surface area contributed by atoms with Crippen LogP contribution in [-0.2, 0) is 14.8 Å². The first-order valence-electron chi connectivity index (χ1n) is 8.47. The predicted octanol–water partition coefficient (Wildman–Crippen LogP) is 2.66. The molecule has 0 unspecified atom stereocenters. The minimum Gasteiger partial charge on any atom is -0.353 e. The van der Waals surface area contributed by atoms with Crippen molar-refractivity contribution in [1.82, 2.24) is 10.0 Å². The Bertz CT molecular complexity index is 648. The molecule has 0 radical (unpaired) electrons. The second-order valence-electron chi connectivity index (χ2n) is 6.43. The predicted molar refractivity (Wildman–Crippen MR) is 96.6 cm³/mol. The van der Waals surface area contributed by atoms with Gasteiger partial charge < -0.3 is 5.32 Å². The van der Waals surface area contributed by atoms with Crippen molar-refractivity contribution in [3.05, 3.63) is 41.3 Å². The summed E-state index contributed by atoms with van der Waals surface area (Å²) in [6.45, 7) is 2.34. The Morgan fingerprint density at radius 2 is 1.83 bits per heavy atom. The van der Waals surface area contributed by atoms with Crippen LogP contribution in [0.5, 0.6) is 0 Å². The number of benzene rings is 1. The van der Waals surface area contributed by atoms with Crippen LogP contribution in [0.25, 0.3) is 6.08 Å². The lowest BCUT2D eigenvalue weighted by Gasteiger charge is -2.26. The van der Waals surface area contributed by atoms with Gasteiger partial charge in [0.1, 0.15) is 0 Å². The molecule has 0 aliphatic heterocycles. The first-order valence-corrected chi connectivity index (χ1v) is 10.0. The monoisotopic (exact) mass is 350 g/mol. The van der Waals surface area contributed by atoms with Crippen molar-refractivity contribution in [2.24, 2.45) is 5.92 Å². The summed E-state index contributed by atoms with van der Waals surface area (Å²) in [4.78, 5) is 11.9. The molecule has 1 aliphatic rings. The van der Waals surface area contributed by atoms with Crippen LogP contribution in [0.3, 0.4) is 0 Å². The van der Waals surface area contributed by atoms with E-state index in [4.69, 9.17) is 0 Å². The molecule has 2 rings (SSSR count). The zero-order chi connectivity index (χ0) is 17.4. The molecule has 0 bridgehead atoms. The van der Waals surface area contributed by atoms with E-state index in [1.165, 1.54) is 6.08 Å². The highest BCUT2D eigenvalue weighted by Crippen LogP contribution is 2.23. The number of rotatable bonds is 7. The zero-order valence-corrected chi connectivity index (χ0v) is 14.9. The zero-order valence-electron chi connectivity index (χ0n) is 14.1. The van der Waals surface area contributed by atoms with Crippen LogP contribution in [-0.4, -0.2) is 26.9 Å². The first-order chi connectivity index (χ1) is 11.4. The van der Waals surface area contributed by atoms with Crippen molar-refractivity contribution in [2.45, 2.75) is 45.1 Å². The van der Waals surface area contributed by atoms with E-state index in [2.05, 4.69) is 17.0 Å². The summed E-state index contributed by atoms with van der Waals surface area (Å²) in [5.41, 5.74) is 0.812. The molecule has 0 aromatic heterocycles. The van der Waals surface area contributed by atoms with E-state index in [1.54, 1.807) is 0 Å². The molecule has 6 heteroatoms. The van der Waals surface area contributed by atoms with Gasteiger partial charge in [-0.15, -0.1) is 0 Å². The summed E-state index contributed by atoms with van der Waals surface area (Å²) in [6.07, 6.45) is 6.00. The fourth-order valence-corrected chi connectivity index (χ4v) is 3.61. The van der Waals surface area contributed by atoms with Gasteiger partial charge in [-0.1, -0.05) is 37.3 Å². The Kier molecular flexibility index (Phi) is 6.99. The minimum atomic E-state index is -3.53. The summed E-state index contributed by atoms with van der Waals surface area (Å²) in [5, 5.41) is 4.12. The summed E-state index contributed by atoms with van der Waals surface area (Å²) >= 11 is 0. The number of hydrogen-bond acceptors (Lipinski definition) is 3. The van der Waals surface area contributed by atoms with E-state index in [9.17, 15) is 13.2 Å². The summed E-state index contributed by atoms with van der Waals surface area (Å²) in [7, 11) is -3.53. The van der Waals surface area contributed by atoms with Crippen molar-refractivity contribution in [1.29, 1.82) is 0 Å². The number of carbonyl (C=O) groups excluding carboxylic acids is 1. The second kappa shape index (κ2) is 8.99. The van der Waals surface area contributed by atoms with Gasteiger partial charge in [-0.05, 0) is 43.2 Å². The molecule has 24 heavy (non-hydrogen) atoms. The Morgan fingerprint density at radius 3 is 2.50 bits per heavy atom. The van der Waals surface area contributed by atoms with Crippen LogP contribution in [0.15, 0.2) is 35.7 Å². The Labute approximate surface area is 144 Å². The van der Waals surface area contributed by atoms with Gasteiger partial charge >= 0.3 is 0 Å². The molecule has 2 N–H and O–H groups in total. The van der Waals surface area contributed by atoms with Gasteiger partial charge in [-0.3, -0.25) is 4.79 Å². The van der Waals surface area contributed by atoms with Crippen LogP contribution in [0, 0.1) is 5.92 Å². The van der Waals surface area contributed by atoms with Crippen LogP contribution in [0.1, 0.15) is 44.6 Å². The van der Waals surface area contributed by atoms with Gasteiger partial charge in [-0.25, -0.2) is 13.1 Å². The summed E-state index contributed by atoms with van der Waals surface area (Å²) in [6, 6.07) is 9.44.